The summed E-state index contributed by atoms with van der Waals surface area (Å²) >= 11 is 0. The zero-order chi connectivity index (χ0) is 12.4. The predicted molar refractivity (Wildman–Crippen MR) is 65.5 cm³/mol. The fourth-order valence-corrected chi connectivity index (χ4v) is 2.73. The Bertz CT molecular complexity index is 425. The fraction of sp³-hybridized carbons (Fsp3) is 0.500. The van der Waals surface area contributed by atoms with Crippen LogP contribution in [-0.4, -0.2) is 18.2 Å². The lowest BCUT2D eigenvalue weighted by molar-refractivity contribution is -0.142. The monoisotopic (exact) mass is 234 g/mol. The summed E-state index contributed by atoms with van der Waals surface area (Å²) in [5.74, 6) is -0.0389. The normalized spacial score (nSPS) is 20.5. The molecule has 0 amide bonds. The van der Waals surface area contributed by atoms with Crippen molar-refractivity contribution in [2.24, 2.45) is 5.92 Å². The fourth-order valence-electron chi connectivity index (χ4n) is 2.73. The van der Waals surface area contributed by atoms with Crippen LogP contribution < -0.4 is 4.74 Å². The van der Waals surface area contributed by atoms with E-state index >= 15 is 0 Å². The largest absolute Gasteiger partial charge is 0.496 e. The minimum atomic E-state index is -0.717. The van der Waals surface area contributed by atoms with Crippen molar-refractivity contribution < 1.29 is 14.6 Å². The lowest BCUT2D eigenvalue weighted by Crippen LogP contribution is -2.23. The van der Waals surface area contributed by atoms with Crippen molar-refractivity contribution in [1.29, 1.82) is 0 Å². The molecule has 0 fully saturated rings. The standard InChI is InChI=1S/C14H18O3/c1-9(14(15)16)10-5-3-7-12-11(10)6-4-8-13(12)17-2/h4,6,8-10H,3,5,7H2,1-2H3,(H,15,16). The maximum atomic E-state index is 11.1. The van der Waals surface area contributed by atoms with E-state index in [1.54, 1.807) is 14.0 Å². The molecule has 92 valence electrons. The number of carbonyl (C=O) groups is 1. The number of benzene rings is 1. The van der Waals surface area contributed by atoms with Crippen molar-refractivity contribution in [2.75, 3.05) is 7.11 Å². The molecule has 2 unspecified atom stereocenters. The first kappa shape index (κ1) is 12.0. The zero-order valence-electron chi connectivity index (χ0n) is 10.3. The molecule has 17 heavy (non-hydrogen) atoms. The molecule has 3 heteroatoms. The number of fused-ring (bicyclic) bond motifs is 1. The van der Waals surface area contributed by atoms with Gasteiger partial charge in [0.05, 0.1) is 13.0 Å². The number of aliphatic carboxylic acids is 1. The van der Waals surface area contributed by atoms with E-state index in [4.69, 9.17) is 9.84 Å². The van der Waals surface area contributed by atoms with Crippen LogP contribution in [0.2, 0.25) is 0 Å². The SMILES string of the molecule is COc1cccc2c1CCCC2C(C)C(=O)O. The van der Waals surface area contributed by atoms with Gasteiger partial charge in [-0.2, -0.15) is 0 Å². The highest BCUT2D eigenvalue weighted by molar-refractivity contribution is 5.71. The molecule has 0 aliphatic heterocycles. The molecule has 0 bridgehead atoms. The van der Waals surface area contributed by atoms with Crippen LogP contribution in [0.15, 0.2) is 18.2 Å². The molecule has 3 nitrogen and oxygen atoms in total. The van der Waals surface area contributed by atoms with Crippen molar-refractivity contribution in [2.45, 2.75) is 32.1 Å². The van der Waals surface area contributed by atoms with Crippen molar-refractivity contribution in [3.63, 3.8) is 0 Å². The van der Waals surface area contributed by atoms with Crippen LogP contribution in [-0.2, 0) is 11.2 Å². The van der Waals surface area contributed by atoms with Crippen molar-refractivity contribution >= 4 is 5.97 Å². The lowest BCUT2D eigenvalue weighted by atomic mass is 9.76. The lowest BCUT2D eigenvalue weighted by Gasteiger charge is -2.29. The summed E-state index contributed by atoms with van der Waals surface area (Å²) in [5, 5.41) is 9.16. The molecule has 1 aromatic rings. The first-order valence-corrected chi connectivity index (χ1v) is 6.03. The van der Waals surface area contributed by atoms with E-state index in [9.17, 15) is 4.79 Å². The molecule has 1 aliphatic rings. The van der Waals surface area contributed by atoms with Gasteiger partial charge in [0.2, 0.25) is 0 Å². The van der Waals surface area contributed by atoms with Crippen LogP contribution in [0.4, 0.5) is 0 Å². The van der Waals surface area contributed by atoms with E-state index in [-0.39, 0.29) is 11.8 Å². The Morgan fingerprint density at radius 3 is 2.94 bits per heavy atom. The third kappa shape index (κ3) is 2.14. The summed E-state index contributed by atoms with van der Waals surface area (Å²) in [4.78, 5) is 11.1. The second kappa shape index (κ2) is 4.78. The molecule has 1 N–H and O–H groups in total. The Labute approximate surface area is 101 Å². The molecule has 0 aromatic heterocycles. The number of carboxylic acid groups (broad SMARTS) is 1. The molecule has 0 radical (unpaired) electrons. The van der Waals surface area contributed by atoms with Crippen molar-refractivity contribution in [3.05, 3.63) is 29.3 Å². The molecule has 0 saturated heterocycles. The summed E-state index contributed by atoms with van der Waals surface area (Å²) < 4.78 is 5.35. The molecular formula is C14H18O3. The van der Waals surface area contributed by atoms with Gasteiger partial charge in [0.1, 0.15) is 5.75 Å². The van der Waals surface area contributed by atoms with Crippen LogP contribution in [0, 0.1) is 5.92 Å². The average Bonchev–Trinajstić information content (AvgIpc) is 2.36. The second-order valence-corrected chi connectivity index (χ2v) is 4.65. The Hall–Kier alpha value is -1.51. The van der Waals surface area contributed by atoms with Crippen LogP contribution >= 0.6 is 0 Å². The molecule has 1 aliphatic carbocycles. The second-order valence-electron chi connectivity index (χ2n) is 4.65. The molecule has 2 rings (SSSR count). The number of rotatable bonds is 3. The Balaban J connectivity index is 2.41. The van der Waals surface area contributed by atoms with Gasteiger partial charge in [-0.1, -0.05) is 19.1 Å². The van der Waals surface area contributed by atoms with Gasteiger partial charge in [-0.05, 0) is 42.4 Å². The van der Waals surface area contributed by atoms with Gasteiger partial charge in [-0.25, -0.2) is 0 Å². The Morgan fingerprint density at radius 1 is 1.53 bits per heavy atom. The van der Waals surface area contributed by atoms with E-state index in [0.717, 1.165) is 30.6 Å². The van der Waals surface area contributed by atoms with Crippen LogP contribution in [0.3, 0.4) is 0 Å². The maximum Gasteiger partial charge on any atom is 0.306 e. The Kier molecular flexibility index (Phi) is 3.36. The molecule has 0 spiro atoms. The summed E-state index contributed by atoms with van der Waals surface area (Å²) in [5.41, 5.74) is 2.35. The third-order valence-corrected chi connectivity index (χ3v) is 3.72. The summed E-state index contributed by atoms with van der Waals surface area (Å²) in [6.45, 7) is 1.79. The minimum Gasteiger partial charge on any atom is -0.496 e. The van der Waals surface area contributed by atoms with E-state index in [0.29, 0.717) is 0 Å². The van der Waals surface area contributed by atoms with Crippen LogP contribution in [0.5, 0.6) is 5.75 Å². The quantitative estimate of drug-likeness (QED) is 0.874. The first-order chi connectivity index (χ1) is 8.15. The molecule has 0 heterocycles. The highest BCUT2D eigenvalue weighted by Crippen LogP contribution is 2.40. The molecule has 1 aromatic carbocycles. The number of hydrogen-bond acceptors (Lipinski definition) is 2. The summed E-state index contributed by atoms with van der Waals surface area (Å²) in [6, 6.07) is 5.94. The van der Waals surface area contributed by atoms with E-state index in [1.807, 2.05) is 18.2 Å². The van der Waals surface area contributed by atoms with Gasteiger partial charge in [0.25, 0.3) is 0 Å². The molecular weight excluding hydrogens is 216 g/mol. The predicted octanol–water partition coefficient (Wildman–Crippen LogP) is 2.84. The van der Waals surface area contributed by atoms with E-state index in [1.165, 1.54) is 5.56 Å². The molecule has 0 saturated carbocycles. The highest BCUT2D eigenvalue weighted by atomic mass is 16.5. The number of hydrogen-bond donors (Lipinski definition) is 1. The van der Waals surface area contributed by atoms with Gasteiger partial charge in [0.15, 0.2) is 0 Å². The van der Waals surface area contributed by atoms with Crippen molar-refractivity contribution in [1.82, 2.24) is 0 Å². The van der Waals surface area contributed by atoms with Gasteiger partial charge in [-0.3, -0.25) is 4.79 Å². The summed E-state index contributed by atoms with van der Waals surface area (Å²) in [6.07, 6.45) is 2.98. The van der Waals surface area contributed by atoms with E-state index < -0.39 is 5.97 Å². The third-order valence-electron chi connectivity index (χ3n) is 3.72. The maximum absolute atomic E-state index is 11.1. The van der Waals surface area contributed by atoms with Crippen LogP contribution in [0.25, 0.3) is 0 Å². The minimum absolute atomic E-state index is 0.117. The van der Waals surface area contributed by atoms with Crippen LogP contribution in [0.1, 0.15) is 36.8 Å². The number of ether oxygens (including phenoxy) is 1. The van der Waals surface area contributed by atoms with Gasteiger partial charge >= 0.3 is 5.97 Å². The topological polar surface area (TPSA) is 46.5 Å². The number of methoxy groups -OCH3 is 1. The molecule has 2 atom stereocenters. The van der Waals surface area contributed by atoms with Gasteiger partial charge in [-0.15, -0.1) is 0 Å². The smallest absolute Gasteiger partial charge is 0.306 e. The van der Waals surface area contributed by atoms with Crippen molar-refractivity contribution in [3.8, 4) is 5.75 Å². The van der Waals surface area contributed by atoms with Gasteiger partial charge in [0, 0.05) is 0 Å². The average molecular weight is 234 g/mol. The summed E-state index contributed by atoms with van der Waals surface area (Å²) in [7, 11) is 1.67. The van der Waals surface area contributed by atoms with E-state index in [2.05, 4.69) is 0 Å². The highest BCUT2D eigenvalue weighted by Gasteiger charge is 2.30. The van der Waals surface area contributed by atoms with Gasteiger partial charge < -0.3 is 9.84 Å². The Morgan fingerprint density at radius 2 is 2.29 bits per heavy atom. The zero-order valence-corrected chi connectivity index (χ0v) is 10.3. The number of carboxylic acids is 1. The first-order valence-electron chi connectivity index (χ1n) is 6.03.